The van der Waals surface area contributed by atoms with Gasteiger partial charge in [0.15, 0.2) is 0 Å². The monoisotopic (exact) mass is 238 g/mol. The topological polar surface area (TPSA) is 26.3 Å². The van der Waals surface area contributed by atoms with Crippen molar-refractivity contribution in [3.63, 3.8) is 0 Å². The third-order valence-electron chi connectivity index (χ3n) is 2.68. The maximum Gasteiger partial charge on any atom is 0.309 e. The molecule has 0 aliphatic heterocycles. The lowest BCUT2D eigenvalue weighted by atomic mass is 10.1. The van der Waals surface area contributed by atoms with Crippen molar-refractivity contribution < 1.29 is 9.53 Å². The molecule has 0 saturated carbocycles. The van der Waals surface area contributed by atoms with E-state index in [-0.39, 0.29) is 5.97 Å². The number of esters is 1. The second kappa shape index (κ2) is 13.1. The molecule has 2 nitrogen and oxygen atoms in total. The minimum Gasteiger partial charge on any atom is -0.469 e. The fraction of sp³-hybridized carbons (Fsp3) is 0.733. The fourth-order valence-corrected chi connectivity index (χ4v) is 1.60. The Bertz CT molecular complexity index is 237. The highest BCUT2D eigenvalue weighted by molar-refractivity contribution is 5.70. The first-order valence-electron chi connectivity index (χ1n) is 6.77. The Balaban J connectivity index is 3.27. The number of ether oxygens (including phenoxy) is 1. The smallest absolute Gasteiger partial charge is 0.309 e. The van der Waals surface area contributed by atoms with Gasteiger partial charge in [-0.2, -0.15) is 0 Å². The van der Waals surface area contributed by atoms with Crippen LogP contribution in [0.5, 0.6) is 0 Å². The third kappa shape index (κ3) is 12.9. The standard InChI is InChI=1S/C15H26O2/c1-3-4-5-6-7-8-9-10-11-12-13-14-15(16)17-2/h11,13H,3-10,14H2,1-2H3. The molecule has 0 unspecified atom stereocenters. The number of carbonyl (C=O) groups is 1. The van der Waals surface area contributed by atoms with E-state index in [1.807, 2.05) is 6.08 Å². The Morgan fingerprint density at radius 1 is 1.06 bits per heavy atom. The van der Waals surface area contributed by atoms with E-state index in [9.17, 15) is 4.79 Å². The van der Waals surface area contributed by atoms with Crippen LogP contribution in [-0.2, 0) is 9.53 Å². The van der Waals surface area contributed by atoms with Crippen LogP contribution in [0.1, 0.15) is 64.7 Å². The SMILES string of the molecule is CCCCCCCCCC=C=CCC(=O)OC. The fourth-order valence-electron chi connectivity index (χ4n) is 1.60. The first-order chi connectivity index (χ1) is 8.31. The van der Waals surface area contributed by atoms with Gasteiger partial charge in [-0.25, -0.2) is 0 Å². The van der Waals surface area contributed by atoms with E-state index in [0.717, 1.165) is 6.42 Å². The highest BCUT2D eigenvalue weighted by Crippen LogP contribution is 2.08. The Kier molecular flexibility index (Phi) is 12.3. The van der Waals surface area contributed by atoms with Crippen molar-refractivity contribution in [3.8, 4) is 0 Å². The zero-order valence-electron chi connectivity index (χ0n) is 11.3. The van der Waals surface area contributed by atoms with E-state index >= 15 is 0 Å². The molecule has 0 aromatic rings. The maximum atomic E-state index is 10.8. The van der Waals surface area contributed by atoms with Crippen molar-refractivity contribution in [1.29, 1.82) is 0 Å². The summed E-state index contributed by atoms with van der Waals surface area (Å²) in [5.41, 5.74) is 3.01. The average molecular weight is 238 g/mol. The maximum absolute atomic E-state index is 10.8. The molecule has 0 rings (SSSR count). The predicted molar refractivity (Wildman–Crippen MR) is 71.9 cm³/mol. The van der Waals surface area contributed by atoms with Gasteiger partial charge in [0.1, 0.15) is 0 Å². The summed E-state index contributed by atoms with van der Waals surface area (Å²) >= 11 is 0. The summed E-state index contributed by atoms with van der Waals surface area (Å²) in [7, 11) is 1.40. The molecule has 0 aromatic heterocycles. The van der Waals surface area contributed by atoms with Crippen LogP contribution in [-0.4, -0.2) is 13.1 Å². The third-order valence-corrected chi connectivity index (χ3v) is 2.68. The van der Waals surface area contributed by atoms with Gasteiger partial charge in [0.2, 0.25) is 0 Å². The quantitative estimate of drug-likeness (QED) is 0.320. The second-order valence-corrected chi connectivity index (χ2v) is 4.27. The molecule has 0 radical (unpaired) electrons. The van der Waals surface area contributed by atoms with Crippen molar-refractivity contribution in [2.24, 2.45) is 0 Å². The first kappa shape index (κ1) is 16.0. The largest absolute Gasteiger partial charge is 0.469 e. The number of methoxy groups -OCH3 is 1. The summed E-state index contributed by atoms with van der Waals surface area (Å²) in [6, 6.07) is 0. The number of hydrogen-bond acceptors (Lipinski definition) is 2. The van der Waals surface area contributed by atoms with Gasteiger partial charge in [0, 0.05) is 0 Å². The summed E-state index contributed by atoms with van der Waals surface area (Å²) < 4.78 is 4.52. The van der Waals surface area contributed by atoms with Crippen LogP contribution in [0.15, 0.2) is 17.9 Å². The van der Waals surface area contributed by atoms with Crippen molar-refractivity contribution in [2.45, 2.75) is 64.7 Å². The van der Waals surface area contributed by atoms with Gasteiger partial charge in [-0.1, -0.05) is 45.4 Å². The summed E-state index contributed by atoms with van der Waals surface area (Å²) in [6.45, 7) is 2.24. The van der Waals surface area contributed by atoms with Gasteiger partial charge in [0.25, 0.3) is 0 Å². The number of hydrogen-bond donors (Lipinski definition) is 0. The zero-order chi connectivity index (χ0) is 12.8. The van der Waals surface area contributed by atoms with E-state index in [2.05, 4.69) is 17.4 Å². The van der Waals surface area contributed by atoms with E-state index in [4.69, 9.17) is 0 Å². The average Bonchev–Trinajstić information content (AvgIpc) is 2.35. The molecule has 0 N–H and O–H groups in total. The normalized spacial score (nSPS) is 9.53. The Morgan fingerprint density at radius 3 is 2.35 bits per heavy atom. The molecule has 17 heavy (non-hydrogen) atoms. The van der Waals surface area contributed by atoms with Crippen LogP contribution < -0.4 is 0 Å². The van der Waals surface area contributed by atoms with Crippen molar-refractivity contribution in [3.05, 3.63) is 17.9 Å². The zero-order valence-corrected chi connectivity index (χ0v) is 11.3. The minimum absolute atomic E-state index is 0.207. The van der Waals surface area contributed by atoms with E-state index in [1.54, 1.807) is 6.08 Å². The van der Waals surface area contributed by atoms with Crippen LogP contribution in [0.3, 0.4) is 0 Å². The molecule has 0 saturated heterocycles. The number of carbonyl (C=O) groups excluding carboxylic acids is 1. The van der Waals surface area contributed by atoms with Gasteiger partial charge in [-0.3, -0.25) is 4.79 Å². The molecule has 0 aliphatic rings. The van der Waals surface area contributed by atoms with Gasteiger partial charge < -0.3 is 4.74 Å². The van der Waals surface area contributed by atoms with Gasteiger partial charge in [0.05, 0.1) is 13.5 Å². The summed E-state index contributed by atoms with van der Waals surface area (Å²) in [5, 5.41) is 0. The molecule has 0 amide bonds. The Morgan fingerprint density at radius 2 is 1.71 bits per heavy atom. The molecule has 0 fully saturated rings. The van der Waals surface area contributed by atoms with Crippen molar-refractivity contribution in [2.75, 3.05) is 7.11 Å². The summed E-state index contributed by atoms with van der Waals surface area (Å²) in [6.07, 6.45) is 14.4. The van der Waals surface area contributed by atoms with Crippen LogP contribution in [0, 0.1) is 0 Å². The molecular formula is C15H26O2. The first-order valence-corrected chi connectivity index (χ1v) is 6.77. The predicted octanol–water partition coefficient (Wildman–Crippen LogP) is 4.40. The van der Waals surface area contributed by atoms with Crippen LogP contribution in [0.2, 0.25) is 0 Å². The highest BCUT2D eigenvalue weighted by Gasteiger charge is 1.92. The van der Waals surface area contributed by atoms with Gasteiger partial charge >= 0.3 is 5.97 Å². The molecule has 0 atom stereocenters. The lowest BCUT2D eigenvalue weighted by Gasteiger charge is -1.98. The number of unbranched alkanes of at least 4 members (excludes halogenated alkanes) is 7. The van der Waals surface area contributed by atoms with E-state index in [0.29, 0.717) is 6.42 Å². The van der Waals surface area contributed by atoms with Crippen LogP contribution in [0.4, 0.5) is 0 Å². The highest BCUT2D eigenvalue weighted by atomic mass is 16.5. The van der Waals surface area contributed by atoms with Gasteiger partial charge in [-0.15, -0.1) is 5.73 Å². The van der Waals surface area contributed by atoms with Crippen LogP contribution in [0.25, 0.3) is 0 Å². The molecule has 2 heteroatoms. The Labute approximate surface area is 106 Å². The lowest BCUT2D eigenvalue weighted by molar-refractivity contribution is -0.139. The molecule has 0 heterocycles. The number of rotatable bonds is 10. The molecule has 0 bridgehead atoms. The van der Waals surface area contributed by atoms with Crippen molar-refractivity contribution in [1.82, 2.24) is 0 Å². The van der Waals surface area contributed by atoms with Crippen LogP contribution >= 0.6 is 0 Å². The molecule has 98 valence electrons. The minimum atomic E-state index is -0.207. The van der Waals surface area contributed by atoms with E-state index < -0.39 is 0 Å². The second-order valence-electron chi connectivity index (χ2n) is 4.27. The molecule has 0 spiro atoms. The van der Waals surface area contributed by atoms with E-state index in [1.165, 1.54) is 52.1 Å². The molecule has 0 aliphatic carbocycles. The molecular weight excluding hydrogens is 212 g/mol. The molecule has 0 aromatic carbocycles. The lowest BCUT2D eigenvalue weighted by Crippen LogP contribution is -1.96. The van der Waals surface area contributed by atoms with Crippen molar-refractivity contribution >= 4 is 5.97 Å². The summed E-state index contributed by atoms with van der Waals surface area (Å²) in [4.78, 5) is 10.8. The summed E-state index contributed by atoms with van der Waals surface area (Å²) in [5.74, 6) is -0.207. The Hall–Kier alpha value is -1.01. The van der Waals surface area contributed by atoms with Gasteiger partial charge in [-0.05, 0) is 25.0 Å².